The largest absolute Gasteiger partial charge is 0.472 e. The fourth-order valence-electron chi connectivity index (χ4n) is 11.7. The highest BCUT2D eigenvalue weighted by molar-refractivity contribution is 7.47. The Morgan fingerprint density at radius 3 is 0.716 bits per heavy atom. The van der Waals surface area contributed by atoms with Gasteiger partial charge in [0.1, 0.15) is 19.3 Å². The molecule has 0 aromatic heterocycles. The van der Waals surface area contributed by atoms with Crippen molar-refractivity contribution >= 4 is 39.5 Å². The molecule has 0 aliphatic heterocycles. The number of aliphatic hydroxyl groups is 1. The van der Waals surface area contributed by atoms with E-state index in [9.17, 15) is 43.2 Å². The summed E-state index contributed by atoms with van der Waals surface area (Å²) in [6.45, 7) is 7.31. The zero-order chi connectivity index (χ0) is 69.8. The Kier molecular flexibility index (Phi) is 67.7. The van der Waals surface area contributed by atoms with Crippen LogP contribution in [0.4, 0.5) is 0 Å². The molecule has 0 fully saturated rings. The maximum Gasteiger partial charge on any atom is 0.472 e. The molecular weight excluding hydrogens is 1250 g/mol. The van der Waals surface area contributed by atoms with Crippen molar-refractivity contribution in [3.8, 4) is 0 Å². The van der Waals surface area contributed by atoms with Crippen molar-refractivity contribution in [1.29, 1.82) is 0 Å². The van der Waals surface area contributed by atoms with E-state index in [1.165, 1.54) is 225 Å². The number of phosphoric ester groups is 2. The number of hydrogen-bond acceptors (Lipinski definition) is 15. The first kappa shape index (κ1) is 93.1. The summed E-state index contributed by atoms with van der Waals surface area (Å²) in [7, 11) is -9.90. The van der Waals surface area contributed by atoms with Crippen molar-refractivity contribution in [3.05, 3.63) is 0 Å². The maximum atomic E-state index is 13.1. The summed E-state index contributed by atoms with van der Waals surface area (Å²) in [5.74, 6) is -1.29. The van der Waals surface area contributed by atoms with Gasteiger partial charge in [0.05, 0.1) is 26.4 Å². The smallest absolute Gasteiger partial charge is 0.462 e. The summed E-state index contributed by atoms with van der Waals surface area (Å²) in [5, 5.41) is 10.6. The molecule has 95 heavy (non-hydrogen) atoms. The van der Waals surface area contributed by atoms with Gasteiger partial charge in [-0.3, -0.25) is 37.3 Å². The number of unbranched alkanes of at least 4 members (excludes halogenated alkanes) is 48. The number of phosphoric acid groups is 2. The topological polar surface area (TPSA) is 237 Å². The van der Waals surface area contributed by atoms with Gasteiger partial charge in [-0.15, -0.1) is 0 Å². The molecule has 0 aliphatic carbocycles. The van der Waals surface area contributed by atoms with Gasteiger partial charge in [0.2, 0.25) is 0 Å². The van der Waals surface area contributed by atoms with Gasteiger partial charge < -0.3 is 33.8 Å². The van der Waals surface area contributed by atoms with Gasteiger partial charge in [0.15, 0.2) is 12.2 Å². The fraction of sp³-hybridized carbons (Fsp3) is 0.947. The predicted octanol–water partition coefficient (Wildman–Crippen LogP) is 22.5. The SMILES string of the molecule is CCCCCCCCCCCCCCCCC(=O)OC[C@H](COP(=O)(O)OC[C@@H](O)COP(=O)(O)OC[C@@H](COC(=O)CCCCCCCCCCC)OC(=O)CCCCCCCCCCCCC)OC(=O)CCCCCCCCCCCCCCCCCCCCC(C)C. The van der Waals surface area contributed by atoms with Gasteiger partial charge in [-0.25, -0.2) is 9.13 Å². The van der Waals surface area contributed by atoms with E-state index in [0.29, 0.717) is 25.7 Å². The van der Waals surface area contributed by atoms with Gasteiger partial charge in [0.25, 0.3) is 0 Å². The second-order valence-corrected chi connectivity index (χ2v) is 30.8. The zero-order valence-corrected chi connectivity index (χ0v) is 63.6. The Balaban J connectivity index is 5.18. The summed E-state index contributed by atoms with van der Waals surface area (Å²) in [4.78, 5) is 72.7. The first-order valence-corrected chi connectivity index (χ1v) is 42.6. The molecule has 0 amide bonds. The summed E-state index contributed by atoms with van der Waals surface area (Å²) in [6, 6.07) is 0. The second-order valence-electron chi connectivity index (χ2n) is 27.9. The molecule has 0 saturated heterocycles. The molecule has 0 heterocycles. The minimum Gasteiger partial charge on any atom is -0.462 e. The molecule has 3 N–H and O–H groups in total. The van der Waals surface area contributed by atoms with Crippen molar-refractivity contribution in [2.45, 2.75) is 419 Å². The van der Waals surface area contributed by atoms with E-state index in [4.69, 9.17) is 37.0 Å². The van der Waals surface area contributed by atoms with Gasteiger partial charge in [0, 0.05) is 25.7 Å². The first-order chi connectivity index (χ1) is 46.0. The van der Waals surface area contributed by atoms with Crippen LogP contribution in [0, 0.1) is 5.92 Å². The lowest BCUT2D eigenvalue weighted by Crippen LogP contribution is -2.30. The van der Waals surface area contributed by atoms with Crippen LogP contribution in [-0.2, 0) is 65.4 Å². The van der Waals surface area contributed by atoms with Crippen molar-refractivity contribution in [1.82, 2.24) is 0 Å². The monoisotopic (exact) mass is 1400 g/mol. The molecular formula is C76H148O17P2. The molecule has 564 valence electrons. The molecule has 0 rings (SSSR count). The van der Waals surface area contributed by atoms with Crippen LogP contribution in [-0.4, -0.2) is 96.7 Å². The third-order valence-electron chi connectivity index (χ3n) is 17.8. The van der Waals surface area contributed by atoms with Crippen LogP contribution < -0.4 is 0 Å². The summed E-state index contributed by atoms with van der Waals surface area (Å²) >= 11 is 0. The molecule has 2 unspecified atom stereocenters. The Labute approximate surface area is 581 Å². The fourth-order valence-corrected chi connectivity index (χ4v) is 13.3. The van der Waals surface area contributed by atoms with Gasteiger partial charge in [-0.1, -0.05) is 349 Å². The minimum absolute atomic E-state index is 0.107. The van der Waals surface area contributed by atoms with E-state index in [1.54, 1.807) is 0 Å². The van der Waals surface area contributed by atoms with Crippen LogP contribution in [0.2, 0.25) is 0 Å². The molecule has 19 heteroatoms. The van der Waals surface area contributed by atoms with Crippen molar-refractivity contribution in [2.75, 3.05) is 39.6 Å². The number of ether oxygens (including phenoxy) is 4. The van der Waals surface area contributed by atoms with Crippen LogP contribution >= 0.6 is 15.6 Å². The van der Waals surface area contributed by atoms with Crippen LogP contribution in [0.3, 0.4) is 0 Å². The Bertz CT molecular complexity index is 1820. The molecule has 0 spiro atoms. The summed E-state index contributed by atoms with van der Waals surface area (Å²) < 4.78 is 68.4. The van der Waals surface area contributed by atoms with E-state index < -0.39 is 97.5 Å². The first-order valence-electron chi connectivity index (χ1n) is 39.6. The van der Waals surface area contributed by atoms with E-state index in [0.717, 1.165) is 95.8 Å². The van der Waals surface area contributed by atoms with Crippen LogP contribution in [0.1, 0.15) is 401 Å². The molecule has 0 bridgehead atoms. The molecule has 0 aromatic rings. The lowest BCUT2D eigenvalue weighted by Gasteiger charge is -2.21. The molecule has 17 nitrogen and oxygen atoms in total. The number of esters is 4. The number of aliphatic hydroxyl groups excluding tert-OH is 1. The number of rotatable bonds is 76. The Hall–Kier alpha value is -1.94. The second kappa shape index (κ2) is 69.2. The van der Waals surface area contributed by atoms with Crippen molar-refractivity contribution < 1.29 is 80.2 Å². The van der Waals surface area contributed by atoms with E-state index in [2.05, 4.69) is 34.6 Å². The van der Waals surface area contributed by atoms with Crippen LogP contribution in [0.15, 0.2) is 0 Å². The number of carbonyl (C=O) groups excluding carboxylic acids is 4. The molecule has 5 atom stereocenters. The van der Waals surface area contributed by atoms with Gasteiger partial charge >= 0.3 is 39.5 Å². The Morgan fingerprint density at radius 2 is 0.484 bits per heavy atom. The standard InChI is InChI=1S/C76H148O17P2/c1-6-9-12-15-18-21-23-24-32-36-40-45-50-55-60-74(79)87-66-72(93-76(81)62-57-52-47-42-37-33-30-28-26-25-27-29-31-35-39-43-48-53-58-69(4)5)68-91-95(84,85)89-64-70(77)63-88-94(82,83)90-67-71(65-86-73(78)59-54-49-44-38-20-17-14-11-8-3)92-75(80)61-56-51-46-41-34-22-19-16-13-10-7-2/h69-72,77H,6-68H2,1-5H3,(H,82,83)(H,84,85)/t70-,71+,72+/m0/s1. The minimum atomic E-state index is -4.96. The van der Waals surface area contributed by atoms with Crippen molar-refractivity contribution in [2.24, 2.45) is 5.92 Å². The van der Waals surface area contributed by atoms with E-state index in [-0.39, 0.29) is 25.7 Å². The predicted molar refractivity (Wildman–Crippen MR) is 386 cm³/mol. The quantitative estimate of drug-likeness (QED) is 0.0222. The lowest BCUT2D eigenvalue weighted by molar-refractivity contribution is -0.161. The zero-order valence-electron chi connectivity index (χ0n) is 61.8. The summed E-state index contributed by atoms with van der Waals surface area (Å²) in [6.07, 6.45) is 58.2. The normalized spacial score (nSPS) is 13.9. The number of hydrogen-bond donors (Lipinski definition) is 3. The average Bonchev–Trinajstić information content (AvgIpc) is 1.36. The van der Waals surface area contributed by atoms with Gasteiger partial charge in [-0.2, -0.15) is 0 Å². The molecule has 0 aliphatic rings. The third kappa shape index (κ3) is 70.3. The maximum absolute atomic E-state index is 13.1. The Morgan fingerprint density at radius 1 is 0.284 bits per heavy atom. The molecule has 0 saturated carbocycles. The van der Waals surface area contributed by atoms with Crippen molar-refractivity contribution in [3.63, 3.8) is 0 Å². The van der Waals surface area contributed by atoms with E-state index >= 15 is 0 Å². The summed E-state index contributed by atoms with van der Waals surface area (Å²) in [5.41, 5.74) is 0. The third-order valence-corrected chi connectivity index (χ3v) is 19.7. The van der Waals surface area contributed by atoms with Crippen LogP contribution in [0.25, 0.3) is 0 Å². The average molecular weight is 1400 g/mol. The lowest BCUT2D eigenvalue weighted by atomic mass is 10.0. The molecule has 0 radical (unpaired) electrons. The highest BCUT2D eigenvalue weighted by atomic mass is 31.2. The van der Waals surface area contributed by atoms with Crippen LogP contribution in [0.5, 0.6) is 0 Å². The highest BCUT2D eigenvalue weighted by Crippen LogP contribution is 2.45. The van der Waals surface area contributed by atoms with Gasteiger partial charge in [-0.05, 0) is 31.6 Å². The highest BCUT2D eigenvalue weighted by Gasteiger charge is 2.30. The number of carbonyl (C=O) groups is 4. The van der Waals surface area contributed by atoms with E-state index in [1.807, 2.05) is 0 Å². The molecule has 0 aromatic carbocycles.